The Kier molecular flexibility index (Phi) is 9.37. The highest BCUT2D eigenvalue weighted by Gasteiger charge is 2.31. The van der Waals surface area contributed by atoms with E-state index >= 15 is 0 Å². The summed E-state index contributed by atoms with van der Waals surface area (Å²) in [7, 11) is 0. The van der Waals surface area contributed by atoms with E-state index in [1.54, 1.807) is 13.0 Å². The van der Waals surface area contributed by atoms with Crippen molar-refractivity contribution in [3.63, 3.8) is 0 Å². The molecule has 6 heteroatoms. The Morgan fingerprint density at radius 3 is 2.31 bits per heavy atom. The van der Waals surface area contributed by atoms with Gasteiger partial charge in [0.1, 0.15) is 29.8 Å². The fourth-order valence-electron chi connectivity index (χ4n) is 3.02. The second-order valence-electron chi connectivity index (χ2n) is 7.14. The number of hydrogen-bond donors (Lipinski definition) is 1. The van der Waals surface area contributed by atoms with Crippen molar-refractivity contribution < 1.29 is 18.7 Å². The maximum absolute atomic E-state index is 13.6. The molecule has 0 aromatic heterocycles. The average Bonchev–Trinajstić information content (AvgIpc) is 2.53. The Bertz CT molecular complexity index is 558. The molecule has 0 aliphatic rings. The van der Waals surface area contributed by atoms with Gasteiger partial charge in [-0.15, -0.1) is 0 Å². The number of halogens is 2. The van der Waals surface area contributed by atoms with Crippen LogP contribution in [0.4, 0.5) is 4.39 Å². The van der Waals surface area contributed by atoms with Crippen LogP contribution in [0.25, 0.3) is 0 Å². The predicted molar refractivity (Wildman–Crippen MR) is 103 cm³/mol. The number of nitrogens with two attached hydrogens (primary N) is 1. The number of carbonyl (C=O) groups is 1. The van der Waals surface area contributed by atoms with Gasteiger partial charge in [-0.3, -0.25) is 4.79 Å². The van der Waals surface area contributed by atoms with Gasteiger partial charge >= 0.3 is 5.97 Å². The molecule has 0 saturated heterocycles. The van der Waals surface area contributed by atoms with Gasteiger partial charge in [0.2, 0.25) is 0 Å². The summed E-state index contributed by atoms with van der Waals surface area (Å²) in [6.07, 6.45) is 1.29. The fraction of sp³-hybridized carbons (Fsp3) is 0.650. The second-order valence-corrected chi connectivity index (χ2v) is 7.58. The Hall–Kier alpha value is -1.33. The minimum Gasteiger partial charge on any atom is -0.486 e. The van der Waals surface area contributed by atoms with E-state index in [0.29, 0.717) is 18.1 Å². The molecule has 3 atom stereocenters. The first-order valence-corrected chi connectivity index (χ1v) is 9.64. The molecule has 0 heterocycles. The summed E-state index contributed by atoms with van der Waals surface area (Å²) >= 11 is 5.91. The zero-order valence-electron chi connectivity index (χ0n) is 16.3. The number of benzene rings is 1. The van der Waals surface area contributed by atoms with E-state index in [1.165, 1.54) is 12.1 Å². The third kappa shape index (κ3) is 7.12. The van der Waals surface area contributed by atoms with Gasteiger partial charge in [-0.2, -0.15) is 0 Å². The molecule has 0 spiro atoms. The van der Waals surface area contributed by atoms with Crippen LogP contribution in [0.1, 0.15) is 53.9 Å². The maximum atomic E-state index is 13.6. The van der Waals surface area contributed by atoms with Crippen LogP contribution in [0, 0.1) is 17.7 Å². The van der Waals surface area contributed by atoms with Crippen LogP contribution < -0.4 is 10.5 Å². The number of rotatable bonds is 10. The standard InChI is InChI=1S/C20H31ClFNO3/c1-6-14(7-2)19(26-17-10-15(21)9-16(22)11-17)13(5)25-20(24)18(23)8-12(3)4/h9-14,18-19H,6-8,23H2,1-5H3/t13-,18-,19+/m0/s1. The van der Waals surface area contributed by atoms with Gasteiger partial charge in [-0.25, -0.2) is 4.39 Å². The molecule has 1 rings (SSSR count). The van der Waals surface area contributed by atoms with E-state index in [2.05, 4.69) is 0 Å². The van der Waals surface area contributed by atoms with Crippen molar-refractivity contribution in [2.45, 2.75) is 72.1 Å². The molecule has 2 N–H and O–H groups in total. The quantitative estimate of drug-likeness (QED) is 0.576. The molecule has 4 nitrogen and oxygen atoms in total. The lowest BCUT2D eigenvalue weighted by Gasteiger charge is -2.31. The highest BCUT2D eigenvalue weighted by atomic mass is 35.5. The smallest absolute Gasteiger partial charge is 0.323 e. The third-order valence-corrected chi connectivity index (χ3v) is 4.63. The van der Waals surface area contributed by atoms with E-state index in [0.717, 1.165) is 12.8 Å². The Balaban J connectivity index is 2.92. The number of esters is 1. The molecule has 0 bridgehead atoms. The van der Waals surface area contributed by atoms with E-state index in [4.69, 9.17) is 26.8 Å². The predicted octanol–water partition coefficient (Wildman–Crippen LogP) is 4.97. The first-order valence-electron chi connectivity index (χ1n) is 9.26. The van der Waals surface area contributed by atoms with Gasteiger partial charge in [-0.1, -0.05) is 39.3 Å². The van der Waals surface area contributed by atoms with E-state index in [1.807, 2.05) is 27.7 Å². The summed E-state index contributed by atoms with van der Waals surface area (Å²) in [5.41, 5.74) is 5.92. The summed E-state index contributed by atoms with van der Waals surface area (Å²) in [5, 5.41) is 0.256. The highest BCUT2D eigenvalue weighted by molar-refractivity contribution is 6.30. The summed E-state index contributed by atoms with van der Waals surface area (Å²) in [5.74, 6) is -0.154. The monoisotopic (exact) mass is 387 g/mol. The van der Waals surface area contributed by atoms with Crippen molar-refractivity contribution in [2.24, 2.45) is 17.6 Å². The summed E-state index contributed by atoms with van der Waals surface area (Å²) in [4.78, 5) is 12.3. The van der Waals surface area contributed by atoms with Crippen LogP contribution in [0.15, 0.2) is 18.2 Å². The lowest BCUT2D eigenvalue weighted by Crippen LogP contribution is -2.43. The van der Waals surface area contributed by atoms with E-state index in [9.17, 15) is 9.18 Å². The number of hydrogen-bond acceptors (Lipinski definition) is 4. The van der Waals surface area contributed by atoms with Crippen molar-refractivity contribution >= 4 is 17.6 Å². The van der Waals surface area contributed by atoms with Crippen LogP contribution in [-0.4, -0.2) is 24.2 Å². The van der Waals surface area contributed by atoms with E-state index < -0.39 is 30.0 Å². The molecule has 1 aromatic carbocycles. The lowest BCUT2D eigenvalue weighted by molar-refractivity contribution is -0.156. The normalized spacial score (nSPS) is 15.0. The lowest BCUT2D eigenvalue weighted by atomic mass is 9.93. The molecule has 0 amide bonds. The van der Waals surface area contributed by atoms with Gasteiger partial charge in [0.25, 0.3) is 0 Å². The molecule has 1 aromatic rings. The highest BCUT2D eigenvalue weighted by Crippen LogP contribution is 2.27. The summed E-state index contributed by atoms with van der Waals surface area (Å²) in [6.45, 7) is 9.87. The molecule has 0 unspecified atom stereocenters. The first kappa shape index (κ1) is 22.7. The van der Waals surface area contributed by atoms with Gasteiger partial charge in [0, 0.05) is 11.1 Å². The SMILES string of the molecule is CCC(CC)[C@H](Oc1cc(F)cc(Cl)c1)[C@H](C)OC(=O)[C@@H](N)CC(C)C. The molecular weight excluding hydrogens is 357 g/mol. The minimum atomic E-state index is -0.664. The topological polar surface area (TPSA) is 61.5 Å². The van der Waals surface area contributed by atoms with Crippen molar-refractivity contribution in [1.82, 2.24) is 0 Å². The molecule has 148 valence electrons. The van der Waals surface area contributed by atoms with Gasteiger partial charge in [0.05, 0.1) is 0 Å². The molecule has 0 aliphatic heterocycles. The fourth-order valence-corrected chi connectivity index (χ4v) is 3.24. The van der Waals surface area contributed by atoms with Gasteiger partial charge in [-0.05, 0) is 50.2 Å². The van der Waals surface area contributed by atoms with Gasteiger partial charge in [0.15, 0.2) is 0 Å². The maximum Gasteiger partial charge on any atom is 0.323 e. The molecule has 0 radical (unpaired) electrons. The minimum absolute atomic E-state index is 0.140. The van der Waals surface area contributed by atoms with E-state index in [-0.39, 0.29) is 10.9 Å². The molecule has 0 saturated carbocycles. The number of carbonyl (C=O) groups excluding carboxylic acids is 1. The molecule has 0 fully saturated rings. The molecule has 26 heavy (non-hydrogen) atoms. The molecule has 0 aliphatic carbocycles. The van der Waals surface area contributed by atoms with Crippen LogP contribution >= 0.6 is 11.6 Å². The van der Waals surface area contributed by atoms with Crippen LogP contribution in [0.5, 0.6) is 5.75 Å². The zero-order chi connectivity index (χ0) is 19.9. The van der Waals surface area contributed by atoms with Crippen molar-refractivity contribution in [3.05, 3.63) is 29.0 Å². The van der Waals surface area contributed by atoms with Crippen LogP contribution in [0.3, 0.4) is 0 Å². The van der Waals surface area contributed by atoms with Crippen molar-refractivity contribution in [2.75, 3.05) is 0 Å². The largest absolute Gasteiger partial charge is 0.486 e. The van der Waals surface area contributed by atoms with Crippen LogP contribution in [0.2, 0.25) is 5.02 Å². The van der Waals surface area contributed by atoms with Crippen molar-refractivity contribution in [1.29, 1.82) is 0 Å². The van der Waals surface area contributed by atoms with Gasteiger partial charge < -0.3 is 15.2 Å². The Morgan fingerprint density at radius 1 is 1.19 bits per heavy atom. The average molecular weight is 388 g/mol. The van der Waals surface area contributed by atoms with Crippen molar-refractivity contribution in [3.8, 4) is 5.75 Å². The zero-order valence-corrected chi connectivity index (χ0v) is 17.1. The molecular formula is C20H31ClFNO3. The Labute approximate surface area is 161 Å². The van der Waals surface area contributed by atoms with Crippen LogP contribution in [-0.2, 0) is 9.53 Å². The number of ether oxygens (including phenoxy) is 2. The summed E-state index contributed by atoms with van der Waals surface area (Å²) in [6, 6.07) is 3.39. The summed E-state index contributed by atoms with van der Waals surface area (Å²) < 4.78 is 25.2. The second kappa shape index (κ2) is 10.7. The Morgan fingerprint density at radius 2 is 1.81 bits per heavy atom. The first-order chi connectivity index (χ1) is 12.2. The third-order valence-electron chi connectivity index (χ3n) is 4.41.